The first-order chi connectivity index (χ1) is 7.71. The molecule has 0 saturated heterocycles. The van der Waals surface area contributed by atoms with E-state index in [1.807, 2.05) is 11.7 Å². The molecule has 1 unspecified atom stereocenters. The van der Waals surface area contributed by atoms with Crippen molar-refractivity contribution in [3.8, 4) is 0 Å². The largest absolute Gasteiger partial charge is 0.310 e. The molecule has 1 aromatic heterocycles. The highest BCUT2D eigenvalue weighted by Gasteiger charge is 2.21. The number of aryl methyl sites for hydroxylation is 1. The maximum Gasteiger partial charge on any atom is 0.0722 e. The van der Waals surface area contributed by atoms with Crippen LogP contribution in [-0.4, -0.2) is 15.8 Å². The first-order valence-electron chi connectivity index (χ1n) is 6.48. The van der Waals surface area contributed by atoms with Crippen LogP contribution in [0.2, 0.25) is 0 Å². The lowest BCUT2D eigenvalue weighted by molar-refractivity contribution is 0.423. The molecular formula is C14H27N3. The van der Waals surface area contributed by atoms with Crippen molar-refractivity contribution < 1.29 is 0 Å². The van der Waals surface area contributed by atoms with Gasteiger partial charge in [-0.2, -0.15) is 5.10 Å². The van der Waals surface area contributed by atoms with E-state index >= 15 is 0 Å². The lowest BCUT2D eigenvalue weighted by Gasteiger charge is -2.20. The Balaban J connectivity index is 2.78. The molecule has 3 heteroatoms. The van der Waals surface area contributed by atoms with Gasteiger partial charge in [-0.3, -0.25) is 4.68 Å². The number of aromatic nitrogens is 2. The van der Waals surface area contributed by atoms with Gasteiger partial charge in [0, 0.05) is 36.8 Å². The summed E-state index contributed by atoms with van der Waals surface area (Å²) in [5, 5.41) is 8.15. The van der Waals surface area contributed by atoms with Crippen molar-refractivity contribution in [3.63, 3.8) is 0 Å². The second-order valence-corrected chi connectivity index (χ2v) is 6.34. The summed E-state index contributed by atoms with van der Waals surface area (Å²) in [4.78, 5) is 0. The number of hydrogen-bond donors (Lipinski definition) is 1. The summed E-state index contributed by atoms with van der Waals surface area (Å²) in [5.74, 6) is 0.657. The van der Waals surface area contributed by atoms with Crippen molar-refractivity contribution in [2.45, 2.75) is 59.5 Å². The van der Waals surface area contributed by atoms with Crippen LogP contribution in [0.5, 0.6) is 0 Å². The van der Waals surface area contributed by atoms with Gasteiger partial charge in [0.15, 0.2) is 0 Å². The summed E-state index contributed by atoms with van der Waals surface area (Å²) in [6, 6.07) is 0.531. The molecule has 0 aliphatic rings. The summed E-state index contributed by atoms with van der Waals surface area (Å²) >= 11 is 0. The highest BCUT2D eigenvalue weighted by Crippen LogP contribution is 2.24. The molecule has 0 radical (unpaired) electrons. The smallest absolute Gasteiger partial charge is 0.0722 e. The molecule has 0 fully saturated rings. The Morgan fingerprint density at radius 3 is 2.35 bits per heavy atom. The fraction of sp³-hybridized carbons (Fsp3) is 0.786. The van der Waals surface area contributed by atoms with E-state index in [2.05, 4.69) is 58.2 Å². The van der Waals surface area contributed by atoms with Crippen LogP contribution in [0.15, 0.2) is 6.20 Å². The average molecular weight is 237 g/mol. The molecule has 17 heavy (non-hydrogen) atoms. The predicted molar refractivity (Wildman–Crippen MR) is 73.0 cm³/mol. The van der Waals surface area contributed by atoms with Crippen LogP contribution >= 0.6 is 0 Å². The highest BCUT2D eigenvalue weighted by molar-refractivity contribution is 5.23. The highest BCUT2D eigenvalue weighted by atomic mass is 15.3. The molecule has 3 nitrogen and oxygen atoms in total. The van der Waals surface area contributed by atoms with Crippen LogP contribution in [0.25, 0.3) is 0 Å². The standard InChI is InChI=1S/C14H27N3/c1-10(2)11(3)15-8-12-9-17(7)16-13(12)14(4,5)6/h9-11,15H,8H2,1-7H3. The Kier molecular flexibility index (Phi) is 4.36. The fourth-order valence-corrected chi connectivity index (χ4v) is 1.81. The lowest BCUT2D eigenvalue weighted by atomic mass is 9.89. The van der Waals surface area contributed by atoms with Gasteiger partial charge >= 0.3 is 0 Å². The second-order valence-electron chi connectivity index (χ2n) is 6.34. The maximum absolute atomic E-state index is 4.58. The monoisotopic (exact) mass is 237 g/mol. The molecule has 1 heterocycles. The van der Waals surface area contributed by atoms with Crippen molar-refractivity contribution in [3.05, 3.63) is 17.5 Å². The SMILES string of the molecule is CC(C)C(C)NCc1cn(C)nc1C(C)(C)C. The van der Waals surface area contributed by atoms with Crippen LogP contribution < -0.4 is 5.32 Å². The number of hydrogen-bond acceptors (Lipinski definition) is 2. The minimum atomic E-state index is 0.110. The number of rotatable bonds is 4. The van der Waals surface area contributed by atoms with Crippen molar-refractivity contribution in [1.82, 2.24) is 15.1 Å². The third kappa shape index (κ3) is 3.84. The van der Waals surface area contributed by atoms with Gasteiger partial charge in [0.05, 0.1) is 5.69 Å². The Morgan fingerprint density at radius 1 is 1.29 bits per heavy atom. The van der Waals surface area contributed by atoms with Gasteiger partial charge in [0.2, 0.25) is 0 Å². The molecule has 0 aromatic carbocycles. The summed E-state index contributed by atoms with van der Waals surface area (Å²) < 4.78 is 1.91. The quantitative estimate of drug-likeness (QED) is 0.872. The zero-order valence-electron chi connectivity index (χ0n) is 12.3. The summed E-state index contributed by atoms with van der Waals surface area (Å²) in [5.41, 5.74) is 2.62. The Hall–Kier alpha value is -0.830. The van der Waals surface area contributed by atoms with E-state index in [1.54, 1.807) is 0 Å². The van der Waals surface area contributed by atoms with Crippen molar-refractivity contribution in [2.75, 3.05) is 0 Å². The van der Waals surface area contributed by atoms with E-state index in [9.17, 15) is 0 Å². The van der Waals surface area contributed by atoms with Crippen LogP contribution in [0.1, 0.15) is 52.8 Å². The first-order valence-corrected chi connectivity index (χ1v) is 6.48. The Bertz CT molecular complexity index is 358. The van der Waals surface area contributed by atoms with Crippen molar-refractivity contribution in [2.24, 2.45) is 13.0 Å². The molecule has 0 amide bonds. The normalized spacial score (nSPS) is 14.4. The van der Waals surface area contributed by atoms with Gasteiger partial charge in [-0.1, -0.05) is 34.6 Å². The van der Waals surface area contributed by atoms with Crippen LogP contribution in [0.3, 0.4) is 0 Å². The third-order valence-corrected chi connectivity index (χ3v) is 3.23. The van der Waals surface area contributed by atoms with E-state index in [0.29, 0.717) is 12.0 Å². The molecule has 0 saturated carbocycles. The molecule has 1 N–H and O–H groups in total. The minimum absolute atomic E-state index is 0.110. The van der Waals surface area contributed by atoms with E-state index in [4.69, 9.17) is 0 Å². The fourth-order valence-electron chi connectivity index (χ4n) is 1.81. The van der Waals surface area contributed by atoms with E-state index in [-0.39, 0.29) is 5.41 Å². The zero-order valence-corrected chi connectivity index (χ0v) is 12.3. The van der Waals surface area contributed by atoms with Gasteiger partial charge in [-0.15, -0.1) is 0 Å². The first kappa shape index (κ1) is 14.2. The van der Waals surface area contributed by atoms with Gasteiger partial charge < -0.3 is 5.32 Å². The predicted octanol–water partition coefficient (Wildman–Crippen LogP) is 2.85. The van der Waals surface area contributed by atoms with Gasteiger partial charge in [0.1, 0.15) is 0 Å². The molecule has 0 spiro atoms. The summed E-state index contributed by atoms with van der Waals surface area (Å²) in [6.07, 6.45) is 2.13. The Labute approximate surface area is 106 Å². The molecule has 1 aromatic rings. The lowest BCUT2D eigenvalue weighted by Crippen LogP contribution is -2.31. The van der Waals surface area contributed by atoms with Gasteiger partial charge in [-0.05, 0) is 12.8 Å². The second kappa shape index (κ2) is 5.21. The molecule has 1 rings (SSSR count). The van der Waals surface area contributed by atoms with Gasteiger partial charge in [0.25, 0.3) is 0 Å². The molecule has 0 bridgehead atoms. The number of nitrogens with one attached hydrogen (secondary N) is 1. The minimum Gasteiger partial charge on any atom is -0.310 e. The van der Waals surface area contributed by atoms with Crippen molar-refractivity contribution in [1.29, 1.82) is 0 Å². The molecular weight excluding hydrogens is 210 g/mol. The van der Waals surface area contributed by atoms with Crippen LogP contribution in [0.4, 0.5) is 0 Å². The Morgan fingerprint density at radius 2 is 1.88 bits per heavy atom. The average Bonchev–Trinajstić information content (AvgIpc) is 2.55. The number of nitrogens with zero attached hydrogens (tertiary/aromatic N) is 2. The summed E-state index contributed by atoms with van der Waals surface area (Å²) in [6.45, 7) is 14.3. The zero-order chi connectivity index (χ0) is 13.2. The molecule has 1 atom stereocenters. The molecule has 0 aliphatic heterocycles. The summed E-state index contributed by atoms with van der Waals surface area (Å²) in [7, 11) is 1.99. The van der Waals surface area contributed by atoms with E-state index < -0.39 is 0 Å². The van der Waals surface area contributed by atoms with Crippen LogP contribution in [-0.2, 0) is 19.0 Å². The topological polar surface area (TPSA) is 29.9 Å². The third-order valence-electron chi connectivity index (χ3n) is 3.23. The van der Waals surface area contributed by atoms with Crippen molar-refractivity contribution >= 4 is 0 Å². The van der Waals surface area contributed by atoms with E-state index in [0.717, 1.165) is 6.54 Å². The van der Waals surface area contributed by atoms with Crippen LogP contribution in [0, 0.1) is 5.92 Å². The van der Waals surface area contributed by atoms with Gasteiger partial charge in [-0.25, -0.2) is 0 Å². The maximum atomic E-state index is 4.58. The van der Waals surface area contributed by atoms with E-state index in [1.165, 1.54) is 11.3 Å². The molecule has 0 aliphatic carbocycles. The molecule has 98 valence electrons.